The van der Waals surface area contributed by atoms with Crippen LogP contribution in [0.5, 0.6) is 0 Å². The minimum atomic E-state index is -2.91. The summed E-state index contributed by atoms with van der Waals surface area (Å²) in [5.74, 6) is -3.37. The van der Waals surface area contributed by atoms with Gasteiger partial charge in [-0.2, -0.15) is 0 Å². The molecule has 1 fully saturated rings. The van der Waals surface area contributed by atoms with Gasteiger partial charge in [0.25, 0.3) is 5.92 Å². The van der Waals surface area contributed by atoms with Crippen LogP contribution in [0.15, 0.2) is 12.2 Å². The molecule has 1 rings (SSSR count). The zero-order valence-corrected chi connectivity index (χ0v) is 14.1. The predicted octanol–water partition coefficient (Wildman–Crippen LogP) is 3.53. The Hall–Kier alpha value is -1.66. The molecule has 0 bridgehead atoms. The summed E-state index contributed by atoms with van der Waals surface area (Å²) in [6.07, 6.45) is 2.47. The quantitative estimate of drug-likeness (QED) is 0.570. The Morgan fingerprint density at radius 3 is 2.57 bits per heavy atom. The number of halogens is 2. The number of hydrogen-bond donors (Lipinski definition) is 0. The van der Waals surface area contributed by atoms with E-state index in [1.54, 1.807) is 33.8 Å². The molecule has 0 saturated carbocycles. The molecule has 7 heteroatoms. The van der Waals surface area contributed by atoms with Crippen molar-refractivity contribution in [2.45, 2.75) is 64.5 Å². The predicted molar refractivity (Wildman–Crippen MR) is 81.3 cm³/mol. The number of likely N-dealkylation sites (tertiary alicyclic amines) is 1. The van der Waals surface area contributed by atoms with Crippen LogP contribution in [-0.4, -0.2) is 47.7 Å². The molecule has 1 heterocycles. The van der Waals surface area contributed by atoms with Crippen LogP contribution in [0.3, 0.4) is 0 Å². The molecule has 1 amide bonds. The molecule has 1 atom stereocenters. The molecule has 0 aliphatic carbocycles. The fraction of sp³-hybridized carbons (Fsp3) is 0.750. The Morgan fingerprint density at radius 1 is 1.35 bits per heavy atom. The van der Waals surface area contributed by atoms with E-state index in [0.29, 0.717) is 12.8 Å². The lowest BCUT2D eigenvalue weighted by molar-refractivity contribution is -0.137. The summed E-state index contributed by atoms with van der Waals surface area (Å²) >= 11 is 0. The zero-order chi connectivity index (χ0) is 17.7. The first-order valence-electron chi connectivity index (χ1n) is 7.75. The van der Waals surface area contributed by atoms with E-state index in [9.17, 15) is 18.4 Å². The maximum atomic E-state index is 13.6. The van der Waals surface area contributed by atoms with Gasteiger partial charge in [0.2, 0.25) is 0 Å². The van der Waals surface area contributed by atoms with E-state index in [2.05, 4.69) is 0 Å². The third-order valence-corrected chi connectivity index (χ3v) is 3.21. The molecule has 0 unspecified atom stereocenters. The molecule has 0 aromatic carbocycles. The summed E-state index contributed by atoms with van der Waals surface area (Å²) < 4.78 is 37.2. The normalized spacial score (nSPS) is 20.8. The van der Waals surface area contributed by atoms with E-state index in [-0.39, 0.29) is 13.0 Å². The van der Waals surface area contributed by atoms with Crippen LogP contribution in [0.25, 0.3) is 0 Å². The van der Waals surface area contributed by atoms with Crippen LogP contribution in [0.1, 0.15) is 47.0 Å². The van der Waals surface area contributed by atoms with Gasteiger partial charge < -0.3 is 9.47 Å². The smallest absolute Gasteiger partial charge is 0.410 e. The highest BCUT2D eigenvalue weighted by atomic mass is 19.3. The Kier molecular flexibility index (Phi) is 6.53. The summed E-state index contributed by atoms with van der Waals surface area (Å²) in [5.41, 5.74) is -0.733. The van der Waals surface area contributed by atoms with Gasteiger partial charge in [-0.15, -0.1) is 0 Å². The minimum absolute atomic E-state index is 0.282. The SMILES string of the molecule is CCOC(=O)/C=C/CC[C@H]1CC(F)(F)CN1C(=O)OC(C)(C)C. The van der Waals surface area contributed by atoms with Crippen molar-refractivity contribution in [1.29, 1.82) is 0 Å². The zero-order valence-electron chi connectivity index (χ0n) is 14.1. The van der Waals surface area contributed by atoms with Gasteiger partial charge >= 0.3 is 12.1 Å². The van der Waals surface area contributed by atoms with E-state index in [4.69, 9.17) is 9.47 Å². The lowest BCUT2D eigenvalue weighted by atomic mass is 10.1. The maximum Gasteiger partial charge on any atom is 0.410 e. The number of ether oxygens (including phenoxy) is 2. The molecule has 132 valence electrons. The van der Waals surface area contributed by atoms with Gasteiger partial charge in [-0.25, -0.2) is 18.4 Å². The number of nitrogens with zero attached hydrogens (tertiary/aromatic N) is 1. The van der Waals surface area contributed by atoms with Crippen molar-refractivity contribution < 1.29 is 27.8 Å². The molecule has 1 aliphatic heterocycles. The van der Waals surface area contributed by atoms with E-state index < -0.39 is 36.2 Å². The molecule has 1 aliphatic rings. The van der Waals surface area contributed by atoms with Crippen molar-refractivity contribution in [2.24, 2.45) is 0 Å². The molecule has 1 saturated heterocycles. The number of amides is 1. The first-order valence-corrected chi connectivity index (χ1v) is 7.75. The highest BCUT2D eigenvalue weighted by molar-refractivity contribution is 5.81. The molecule has 23 heavy (non-hydrogen) atoms. The van der Waals surface area contributed by atoms with Crippen LogP contribution in [-0.2, 0) is 14.3 Å². The number of esters is 1. The number of carbonyl (C=O) groups is 2. The summed E-state index contributed by atoms with van der Waals surface area (Å²) in [5, 5.41) is 0. The molecule has 0 N–H and O–H groups in total. The fourth-order valence-corrected chi connectivity index (χ4v) is 2.35. The Bertz CT molecular complexity index is 457. The van der Waals surface area contributed by atoms with Crippen molar-refractivity contribution in [3.8, 4) is 0 Å². The largest absolute Gasteiger partial charge is 0.463 e. The number of hydrogen-bond acceptors (Lipinski definition) is 4. The van der Waals surface area contributed by atoms with Crippen molar-refractivity contribution in [3.63, 3.8) is 0 Å². The van der Waals surface area contributed by atoms with Gasteiger partial charge in [-0.05, 0) is 40.5 Å². The van der Waals surface area contributed by atoms with Gasteiger partial charge in [0.15, 0.2) is 0 Å². The average molecular weight is 333 g/mol. The van der Waals surface area contributed by atoms with E-state index >= 15 is 0 Å². The van der Waals surface area contributed by atoms with Crippen LogP contribution in [0, 0.1) is 0 Å². The van der Waals surface area contributed by atoms with Crippen molar-refractivity contribution in [1.82, 2.24) is 4.90 Å². The third-order valence-electron chi connectivity index (χ3n) is 3.21. The summed E-state index contributed by atoms with van der Waals surface area (Å²) in [4.78, 5) is 24.3. The number of rotatable bonds is 5. The van der Waals surface area contributed by atoms with Crippen molar-refractivity contribution in [2.75, 3.05) is 13.2 Å². The van der Waals surface area contributed by atoms with Gasteiger partial charge in [-0.1, -0.05) is 6.08 Å². The lowest BCUT2D eigenvalue weighted by Gasteiger charge is -2.28. The van der Waals surface area contributed by atoms with Gasteiger partial charge in [0.05, 0.1) is 13.2 Å². The van der Waals surface area contributed by atoms with E-state index in [0.717, 1.165) is 4.90 Å². The average Bonchev–Trinajstić information content (AvgIpc) is 2.68. The first kappa shape index (κ1) is 19.4. The monoisotopic (exact) mass is 333 g/mol. The second-order valence-electron chi connectivity index (χ2n) is 6.55. The van der Waals surface area contributed by atoms with Crippen molar-refractivity contribution in [3.05, 3.63) is 12.2 Å². The number of carbonyl (C=O) groups excluding carboxylic acids is 2. The molecular weight excluding hydrogens is 308 g/mol. The highest BCUT2D eigenvalue weighted by Crippen LogP contribution is 2.35. The fourth-order valence-electron chi connectivity index (χ4n) is 2.35. The topological polar surface area (TPSA) is 55.8 Å². The third kappa shape index (κ3) is 6.97. The van der Waals surface area contributed by atoms with E-state index in [1.165, 1.54) is 6.08 Å². The van der Waals surface area contributed by atoms with Gasteiger partial charge in [0.1, 0.15) is 5.60 Å². The van der Waals surface area contributed by atoms with Gasteiger partial charge in [0, 0.05) is 18.5 Å². The summed E-state index contributed by atoms with van der Waals surface area (Å²) in [7, 11) is 0. The first-order chi connectivity index (χ1) is 10.5. The van der Waals surface area contributed by atoms with E-state index in [1.807, 2.05) is 0 Å². The van der Waals surface area contributed by atoms with Crippen LogP contribution < -0.4 is 0 Å². The minimum Gasteiger partial charge on any atom is -0.463 e. The van der Waals surface area contributed by atoms with Crippen LogP contribution in [0.4, 0.5) is 13.6 Å². The summed E-state index contributed by atoms with van der Waals surface area (Å²) in [6.45, 7) is 6.42. The molecule has 5 nitrogen and oxygen atoms in total. The number of alkyl halides is 2. The molecule has 0 spiro atoms. The Labute approximate surface area is 135 Å². The standard InChI is InChI=1S/C16H25F2NO4/c1-5-22-13(20)9-7-6-8-12-10-16(17,18)11-19(12)14(21)23-15(2,3)4/h7,9,12H,5-6,8,10-11H2,1-4H3/b9-7+/t12-/m0/s1. The number of allylic oxidation sites excluding steroid dienone is 1. The van der Waals surface area contributed by atoms with Crippen molar-refractivity contribution >= 4 is 12.1 Å². The molecule has 0 radical (unpaired) electrons. The Balaban J connectivity index is 2.60. The second-order valence-corrected chi connectivity index (χ2v) is 6.55. The molecule has 0 aromatic heterocycles. The molecule has 0 aromatic rings. The lowest BCUT2D eigenvalue weighted by Crippen LogP contribution is -2.40. The van der Waals surface area contributed by atoms with Gasteiger partial charge in [-0.3, -0.25) is 4.90 Å². The van der Waals surface area contributed by atoms with Crippen LogP contribution >= 0.6 is 0 Å². The van der Waals surface area contributed by atoms with Crippen LogP contribution in [0.2, 0.25) is 0 Å². The maximum absolute atomic E-state index is 13.6. The second kappa shape index (κ2) is 7.75. The molecular formula is C16H25F2NO4. The highest BCUT2D eigenvalue weighted by Gasteiger charge is 2.47. The Morgan fingerprint density at radius 2 is 2.00 bits per heavy atom. The summed E-state index contributed by atoms with van der Waals surface area (Å²) in [6, 6.07) is -0.605.